The zero-order valence-corrected chi connectivity index (χ0v) is 14.7. The van der Waals surface area contributed by atoms with Crippen molar-refractivity contribution in [3.63, 3.8) is 0 Å². The van der Waals surface area contributed by atoms with Crippen LogP contribution in [0.4, 0.5) is 5.69 Å². The molecule has 130 valence electrons. The van der Waals surface area contributed by atoms with E-state index in [1.807, 2.05) is 37.1 Å². The zero-order valence-electron chi connectivity index (χ0n) is 14.7. The van der Waals surface area contributed by atoms with Crippen molar-refractivity contribution in [2.24, 2.45) is 0 Å². The molecule has 0 aliphatic carbocycles. The first-order chi connectivity index (χ1) is 12.0. The topological polar surface area (TPSA) is 81.4 Å². The monoisotopic (exact) mass is 340 g/mol. The van der Waals surface area contributed by atoms with Crippen LogP contribution in [0.25, 0.3) is 10.9 Å². The summed E-state index contributed by atoms with van der Waals surface area (Å²) in [5.74, 6) is 0.654. The minimum atomic E-state index is -0.399. The summed E-state index contributed by atoms with van der Waals surface area (Å²) in [5.41, 5.74) is 3.05. The van der Waals surface area contributed by atoms with Gasteiger partial charge in [-0.1, -0.05) is 23.4 Å². The molecule has 0 bridgehead atoms. The number of benzene rings is 1. The lowest BCUT2D eigenvalue weighted by atomic mass is 10.1. The number of pyridine rings is 1. The van der Waals surface area contributed by atoms with E-state index < -0.39 is 5.97 Å². The summed E-state index contributed by atoms with van der Waals surface area (Å²) in [6.07, 6.45) is 1.57. The van der Waals surface area contributed by atoms with Gasteiger partial charge in [0.1, 0.15) is 5.56 Å². The van der Waals surface area contributed by atoms with Gasteiger partial charge in [0.15, 0.2) is 5.82 Å². The molecule has 0 atom stereocenters. The molecule has 0 fully saturated rings. The summed E-state index contributed by atoms with van der Waals surface area (Å²) >= 11 is 0. The van der Waals surface area contributed by atoms with Crippen LogP contribution in [0.5, 0.6) is 0 Å². The van der Waals surface area contributed by atoms with Gasteiger partial charge in [-0.15, -0.1) is 0 Å². The summed E-state index contributed by atoms with van der Waals surface area (Å²) in [5, 5.41) is 4.81. The highest BCUT2D eigenvalue weighted by Crippen LogP contribution is 2.31. The molecule has 7 heteroatoms. The Hall–Kier alpha value is -2.96. The zero-order chi connectivity index (χ0) is 18.0. The molecule has 7 nitrogen and oxygen atoms in total. The maximum absolute atomic E-state index is 12.4. The number of nitrogens with zero attached hydrogens (tertiary/aromatic N) is 4. The van der Waals surface area contributed by atoms with Crippen LogP contribution in [0.1, 0.15) is 34.6 Å². The third-order valence-electron chi connectivity index (χ3n) is 3.90. The number of carbonyl (C=O) groups excluding carboxylic acids is 1. The lowest BCUT2D eigenvalue weighted by molar-refractivity contribution is 0.0527. The lowest BCUT2D eigenvalue weighted by Gasteiger charge is -2.22. The molecule has 2 heterocycles. The smallest absolute Gasteiger partial charge is 0.341 e. The Morgan fingerprint density at radius 1 is 1.32 bits per heavy atom. The van der Waals surface area contributed by atoms with E-state index in [4.69, 9.17) is 9.26 Å². The fourth-order valence-electron chi connectivity index (χ4n) is 2.82. The van der Waals surface area contributed by atoms with Crippen molar-refractivity contribution >= 4 is 22.6 Å². The predicted octanol–water partition coefficient (Wildman–Crippen LogP) is 3.05. The van der Waals surface area contributed by atoms with Gasteiger partial charge < -0.3 is 14.2 Å². The molecule has 0 amide bonds. The number of rotatable bonds is 5. The van der Waals surface area contributed by atoms with Gasteiger partial charge in [0.25, 0.3) is 0 Å². The van der Waals surface area contributed by atoms with Gasteiger partial charge in [-0.25, -0.2) is 4.79 Å². The van der Waals surface area contributed by atoms with Gasteiger partial charge in [-0.2, -0.15) is 4.98 Å². The maximum atomic E-state index is 12.4. The van der Waals surface area contributed by atoms with Crippen molar-refractivity contribution in [1.29, 1.82) is 0 Å². The molecule has 0 aliphatic heterocycles. The second kappa shape index (κ2) is 6.88. The standard InChI is InChI=1S/C18H20N4O3/c1-5-24-18(23)14-9-19-16-11(2)7-6-8-13(16)17(14)22(4)10-15-20-12(3)25-21-15/h6-9H,5,10H2,1-4H3. The molecule has 1 aromatic carbocycles. The second-order valence-corrected chi connectivity index (χ2v) is 5.80. The van der Waals surface area contributed by atoms with E-state index in [-0.39, 0.29) is 0 Å². The lowest BCUT2D eigenvalue weighted by Crippen LogP contribution is -2.21. The van der Waals surface area contributed by atoms with Crippen LogP contribution in [0, 0.1) is 13.8 Å². The largest absolute Gasteiger partial charge is 0.462 e. The highest BCUT2D eigenvalue weighted by atomic mass is 16.5. The average molecular weight is 340 g/mol. The van der Waals surface area contributed by atoms with Crippen molar-refractivity contribution in [1.82, 2.24) is 15.1 Å². The van der Waals surface area contributed by atoms with Crippen LogP contribution in [0.2, 0.25) is 0 Å². The van der Waals surface area contributed by atoms with Gasteiger partial charge >= 0.3 is 5.97 Å². The van der Waals surface area contributed by atoms with Gasteiger partial charge in [-0.3, -0.25) is 4.98 Å². The van der Waals surface area contributed by atoms with E-state index in [1.54, 1.807) is 20.0 Å². The number of aromatic nitrogens is 3. The maximum Gasteiger partial charge on any atom is 0.341 e. The van der Waals surface area contributed by atoms with Crippen molar-refractivity contribution in [2.75, 3.05) is 18.6 Å². The normalized spacial score (nSPS) is 10.9. The number of carbonyl (C=O) groups is 1. The quantitative estimate of drug-likeness (QED) is 0.660. The highest BCUT2D eigenvalue weighted by Gasteiger charge is 2.21. The number of ether oxygens (including phenoxy) is 1. The second-order valence-electron chi connectivity index (χ2n) is 5.80. The molecule has 0 aliphatic rings. The van der Waals surface area contributed by atoms with Gasteiger partial charge in [0, 0.05) is 25.6 Å². The summed E-state index contributed by atoms with van der Waals surface area (Å²) in [6.45, 7) is 6.22. The van der Waals surface area contributed by atoms with Crippen molar-refractivity contribution < 1.29 is 14.1 Å². The number of hydrogen-bond donors (Lipinski definition) is 0. The molecule has 0 N–H and O–H groups in total. The van der Waals surface area contributed by atoms with Gasteiger partial charge in [-0.05, 0) is 19.4 Å². The molecular formula is C18H20N4O3. The average Bonchev–Trinajstić information content (AvgIpc) is 2.99. The first-order valence-electron chi connectivity index (χ1n) is 8.07. The third kappa shape index (κ3) is 3.31. The Balaban J connectivity index is 2.12. The number of aryl methyl sites for hydroxylation is 2. The number of fused-ring (bicyclic) bond motifs is 1. The SMILES string of the molecule is CCOC(=O)c1cnc2c(C)cccc2c1N(C)Cc1noc(C)n1. The van der Waals surface area contributed by atoms with Crippen LogP contribution in [-0.4, -0.2) is 34.7 Å². The van der Waals surface area contributed by atoms with Crippen LogP contribution in [0.3, 0.4) is 0 Å². The number of esters is 1. The summed E-state index contributed by atoms with van der Waals surface area (Å²) in [4.78, 5) is 23.0. The molecule has 25 heavy (non-hydrogen) atoms. The minimum Gasteiger partial charge on any atom is -0.462 e. The third-order valence-corrected chi connectivity index (χ3v) is 3.90. The first-order valence-corrected chi connectivity index (χ1v) is 8.07. The summed E-state index contributed by atoms with van der Waals surface area (Å²) in [7, 11) is 1.88. The van der Waals surface area contributed by atoms with E-state index in [0.717, 1.165) is 22.2 Å². The van der Waals surface area contributed by atoms with Gasteiger partial charge in [0.05, 0.1) is 24.4 Å². The summed E-state index contributed by atoms with van der Waals surface area (Å²) < 4.78 is 10.2. The van der Waals surface area contributed by atoms with E-state index in [2.05, 4.69) is 15.1 Å². The van der Waals surface area contributed by atoms with Crippen molar-refractivity contribution in [2.45, 2.75) is 27.3 Å². The fraction of sp³-hybridized carbons (Fsp3) is 0.333. The van der Waals surface area contributed by atoms with Gasteiger partial charge in [0.2, 0.25) is 5.89 Å². The predicted molar refractivity (Wildman–Crippen MR) is 93.6 cm³/mol. The molecule has 0 spiro atoms. The molecule has 3 rings (SSSR count). The molecule has 0 saturated carbocycles. The summed E-state index contributed by atoms with van der Waals surface area (Å²) in [6, 6.07) is 5.89. The fourth-order valence-corrected chi connectivity index (χ4v) is 2.82. The molecule has 0 unspecified atom stereocenters. The number of hydrogen-bond acceptors (Lipinski definition) is 7. The number of para-hydroxylation sites is 1. The Morgan fingerprint density at radius 2 is 2.12 bits per heavy atom. The molecule has 0 radical (unpaired) electrons. The van der Waals surface area contributed by atoms with E-state index in [0.29, 0.717) is 30.4 Å². The van der Waals surface area contributed by atoms with Crippen molar-refractivity contribution in [3.05, 3.63) is 47.2 Å². The van der Waals surface area contributed by atoms with E-state index in [1.165, 1.54) is 0 Å². The van der Waals surface area contributed by atoms with E-state index in [9.17, 15) is 4.79 Å². The van der Waals surface area contributed by atoms with Crippen LogP contribution >= 0.6 is 0 Å². The minimum absolute atomic E-state index is 0.303. The Morgan fingerprint density at radius 3 is 2.80 bits per heavy atom. The number of anilines is 1. The first kappa shape index (κ1) is 16.9. The Labute approximate surface area is 145 Å². The Kier molecular flexibility index (Phi) is 4.65. The van der Waals surface area contributed by atoms with E-state index >= 15 is 0 Å². The highest BCUT2D eigenvalue weighted by molar-refractivity contribution is 6.05. The Bertz CT molecular complexity index is 920. The van der Waals surface area contributed by atoms with Crippen LogP contribution in [-0.2, 0) is 11.3 Å². The van der Waals surface area contributed by atoms with Crippen LogP contribution in [0.15, 0.2) is 28.9 Å². The molecule has 2 aromatic heterocycles. The molecule has 3 aromatic rings. The molecule has 0 saturated heterocycles. The molecular weight excluding hydrogens is 320 g/mol. The van der Waals surface area contributed by atoms with Crippen molar-refractivity contribution in [3.8, 4) is 0 Å². The van der Waals surface area contributed by atoms with Crippen LogP contribution < -0.4 is 4.90 Å².